The van der Waals surface area contributed by atoms with Crippen molar-refractivity contribution in [2.45, 2.75) is 45.3 Å². The Morgan fingerprint density at radius 3 is 2.33 bits per heavy atom. The molecule has 0 aromatic heterocycles. The predicted octanol–water partition coefficient (Wildman–Crippen LogP) is 0.781. The van der Waals surface area contributed by atoms with E-state index in [1.165, 1.54) is 6.92 Å². The monoisotopic (exact) mass is 217 g/mol. The highest BCUT2D eigenvalue weighted by Gasteiger charge is 2.23. The van der Waals surface area contributed by atoms with Gasteiger partial charge in [-0.1, -0.05) is 0 Å². The van der Waals surface area contributed by atoms with Gasteiger partial charge in [0.2, 0.25) is 5.91 Å². The van der Waals surface area contributed by atoms with Crippen LogP contribution in [0.5, 0.6) is 0 Å². The smallest absolute Gasteiger partial charge is 0.326 e. The first kappa shape index (κ1) is 13.9. The molecule has 5 heteroatoms. The highest BCUT2D eigenvalue weighted by Crippen LogP contribution is 2.16. The molecule has 2 N–H and O–H groups in total. The topological polar surface area (TPSA) is 75.6 Å². The van der Waals surface area contributed by atoms with E-state index in [-0.39, 0.29) is 11.5 Å². The summed E-state index contributed by atoms with van der Waals surface area (Å²) in [5.74, 6) is -1.35. The minimum atomic E-state index is -1.02. The minimum Gasteiger partial charge on any atom is -0.480 e. The molecule has 1 atom stereocenters. The van der Waals surface area contributed by atoms with Crippen LogP contribution in [-0.4, -0.2) is 35.7 Å². The molecule has 0 bridgehead atoms. The Balaban J connectivity index is 4.19. The molecule has 5 nitrogen and oxygen atoms in total. The molecule has 15 heavy (non-hydrogen) atoms. The van der Waals surface area contributed by atoms with Gasteiger partial charge < -0.3 is 15.2 Å². The van der Waals surface area contributed by atoms with E-state index in [9.17, 15) is 9.59 Å². The van der Waals surface area contributed by atoms with Crippen LogP contribution in [0.4, 0.5) is 0 Å². The van der Waals surface area contributed by atoms with Gasteiger partial charge in [0.05, 0.1) is 5.60 Å². The molecule has 0 radical (unpaired) electrons. The highest BCUT2D eigenvalue weighted by molar-refractivity contribution is 5.81. The third-order valence-corrected chi connectivity index (χ3v) is 2.26. The van der Waals surface area contributed by atoms with Crippen molar-refractivity contribution >= 4 is 11.9 Å². The van der Waals surface area contributed by atoms with Gasteiger partial charge in [0.25, 0.3) is 0 Å². The van der Waals surface area contributed by atoms with Crippen LogP contribution in [-0.2, 0) is 14.3 Å². The molecule has 0 aromatic carbocycles. The van der Waals surface area contributed by atoms with Gasteiger partial charge in [0, 0.05) is 14.0 Å². The maximum Gasteiger partial charge on any atom is 0.326 e. The lowest BCUT2D eigenvalue weighted by molar-refractivity contribution is -0.142. The lowest BCUT2D eigenvalue weighted by Crippen LogP contribution is -2.41. The summed E-state index contributed by atoms with van der Waals surface area (Å²) in [4.78, 5) is 21.5. The van der Waals surface area contributed by atoms with Gasteiger partial charge in [0.1, 0.15) is 6.04 Å². The fourth-order valence-electron chi connectivity index (χ4n) is 1.10. The number of rotatable bonds is 6. The second-order valence-electron chi connectivity index (χ2n) is 4.09. The van der Waals surface area contributed by atoms with Crippen LogP contribution in [0.2, 0.25) is 0 Å². The summed E-state index contributed by atoms with van der Waals surface area (Å²) in [7, 11) is 1.58. The molecule has 0 spiro atoms. The molecule has 0 fully saturated rings. The van der Waals surface area contributed by atoms with Crippen LogP contribution in [0.15, 0.2) is 0 Å². The average molecular weight is 217 g/mol. The number of carboxylic acids is 1. The summed E-state index contributed by atoms with van der Waals surface area (Å²) in [6.45, 7) is 5.05. The zero-order chi connectivity index (χ0) is 12.1. The molecule has 0 rings (SSSR count). The SMILES string of the molecule is COC(C)(C)CCC(NC(C)=O)C(=O)O. The van der Waals surface area contributed by atoms with Crippen molar-refractivity contribution in [1.29, 1.82) is 0 Å². The Hall–Kier alpha value is -1.10. The molecular formula is C10H19NO4. The summed E-state index contributed by atoms with van der Waals surface area (Å²) >= 11 is 0. The van der Waals surface area contributed by atoms with Gasteiger partial charge in [0.15, 0.2) is 0 Å². The van der Waals surface area contributed by atoms with E-state index in [0.717, 1.165) is 0 Å². The summed E-state index contributed by atoms with van der Waals surface area (Å²) in [6.07, 6.45) is 0.927. The zero-order valence-electron chi connectivity index (χ0n) is 9.66. The van der Waals surface area contributed by atoms with E-state index in [4.69, 9.17) is 9.84 Å². The zero-order valence-corrected chi connectivity index (χ0v) is 9.66. The van der Waals surface area contributed by atoms with Gasteiger partial charge in [-0.2, -0.15) is 0 Å². The second-order valence-corrected chi connectivity index (χ2v) is 4.09. The number of ether oxygens (including phenoxy) is 1. The van der Waals surface area contributed by atoms with E-state index >= 15 is 0 Å². The molecule has 88 valence electrons. The van der Waals surface area contributed by atoms with Gasteiger partial charge in [-0.25, -0.2) is 4.79 Å². The molecule has 1 amide bonds. The highest BCUT2D eigenvalue weighted by atomic mass is 16.5. The van der Waals surface area contributed by atoms with Crippen LogP contribution < -0.4 is 5.32 Å². The first-order chi connectivity index (χ1) is 6.78. The van der Waals surface area contributed by atoms with E-state index in [1.807, 2.05) is 13.8 Å². The normalized spacial score (nSPS) is 13.3. The molecule has 0 saturated carbocycles. The number of hydrogen-bond acceptors (Lipinski definition) is 3. The average Bonchev–Trinajstić information content (AvgIpc) is 2.11. The third-order valence-electron chi connectivity index (χ3n) is 2.26. The minimum absolute atomic E-state index is 0.336. The standard InChI is InChI=1S/C10H19NO4/c1-7(12)11-8(9(13)14)5-6-10(2,3)15-4/h8H,5-6H2,1-4H3,(H,11,12)(H,13,14). The van der Waals surface area contributed by atoms with Crippen molar-refractivity contribution in [1.82, 2.24) is 5.32 Å². The summed E-state index contributed by atoms with van der Waals surface area (Å²) in [6, 6.07) is -0.836. The number of nitrogens with one attached hydrogen (secondary N) is 1. The molecule has 0 aromatic rings. The van der Waals surface area contributed by atoms with Crippen LogP contribution in [0, 0.1) is 0 Å². The van der Waals surface area contributed by atoms with Gasteiger partial charge in [-0.05, 0) is 26.7 Å². The maximum atomic E-state index is 10.8. The van der Waals surface area contributed by atoms with E-state index in [0.29, 0.717) is 12.8 Å². The first-order valence-corrected chi connectivity index (χ1v) is 4.83. The molecule has 1 unspecified atom stereocenters. The third kappa shape index (κ3) is 6.06. The van der Waals surface area contributed by atoms with Crippen molar-refractivity contribution in [3.63, 3.8) is 0 Å². The molecule has 0 aliphatic heterocycles. The molecule has 0 heterocycles. The van der Waals surface area contributed by atoms with Crippen molar-refractivity contribution in [2.24, 2.45) is 0 Å². The lowest BCUT2D eigenvalue weighted by Gasteiger charge is -2.24. The van der Waals surface area contributed by atoms with Crippen LogP contribution in [0.25, 0.3) is 0 Å². The van der Waals surface area contributed by atoms with Crippen molar-refractivity contribution < 1.29 is 19.4 Å². The van der Waals surface area contributed by atoms with E-state index in [1.54, 1.807) is 7.11 Å². The van der Waals surface area contributed by atoms with E-state index < -0.39 is 12.0 Å². The van der Waals surface area contributed by atoms with Crippen molar-refractivity contribution in [2.75, 3.05) is 7.11 Å². The van der Waals surface area contributed by atoms with Crippen molar-refractivity contribution in [3.8, 4) is 0 Å². The number of carboxylic acid groups (broad SMARTS) is 1. The van der Waals surface area contributed by atoms with Crippen LogP contribution in [0.3, 0.4) is 0 Å². The maximum absolute atomic E-state index is 10.8. The van der Waals surface area contributed by atoms with Crippen LogP contribution in [0.1, 0.15) is 33.6 Å². The number of carbonyl (C=O) groups is 2. The number of hydrogen-bond donors (Lipinski definition) is 2. The predicted molar refractivity (Wildman–Crippen MR) is 55.6 cm³/mol. The Morgan fingerprint density at radius 1 is 1.47 bits per heavy atom. The van der Waals surface area contributed by atoms with E-state index in [2.05, 4.69) is 5.32 Å². The first-order valence-electron chi connectivity index (χ1n) is 4.83. The number of aliphatic carboxylic acids is 1. The van der Waals surface area contributed by atoms with Crippen molar-refractivity contribution in [3.05, 3.63) is 0 Å². The molecule has 0 aliphatic rings. The van der Waals surface area contributed by atoms with Gasteiger partial charge >= 0.3 is 5.97 Å². The largest absolute Gasteiger partial charge is 0.480 e. The molecule has 0 aliphatic carbocycles. The van der Waals surface area contributed by atoms with Crippen LogP contribution >= 0.6 is 0 Å². The number of carbonyl (C=O) groups excluding carboxylic acids is 1. The Kier molecular flexibility index (Phi) is 5.28. The quantitative estimate of drug-likeness (QED) is 0.689. The Morgan fingerprint density at radius 2 is 2.00 bits per heavy atom. The van der Waals surface area contributed by atoms with Gasteiger partial charge in [-0.15, -0.1) is 0 Å². The summed E-state index contributed by atoms with van der Waals surface area (Å²) in [5, 5.41) is 11.2. The number of methoxy groups -OCH3 is 1. The Bertz CT molecular complexity index is 238. The van der Waals surface area contributed by atoms with Gasteiger partial charge in [-0.3, -0.25) is 4.79 Å². The summed E-state index contributed by atoms with van der Waals surface area (Å²) in [5.41, 5.74) is -0.369. The second kappa shape index (κ2) is 5.70. The number of amides is 1. The Labute approximate surface area is 89.8 Å². The summed E-state index contributed by atoms with van der Waals surface area (Å²) < 4.78 is 5.17. The molecular weight excluding hydrogens is 198 g/mol. The molecule has 0 saturated heterocycles. The lowest BCUT2D eigenvalue weighted by atomic mass is 9.99. The fourth-order valence-corrected chi connectivity index (χ4v) is 1.10. The fraction of sp³-hybridized carbons (Fsp3) is 0.800.